The van der Waals surface area contributed by atoms with Gasteiger partial charge in [-0.25, -0.2) is 0 Å². The molecule has 146 valence electrons. The maximum atomic E-state index is 12.2. The standard InChI is InChI=1S/C20H38N2O2S/c1-3-4-5-6-7-8-9-10-11-12-13-14-15-19(25-18-23)20(24)22(2)17-16-21/h15,18H,3-14,16-17,21H2,1-2H3/b19-15-. The summed E-state index contributed by atoms with van der Waals surface area (Å²) in [5, 5.41) is 0. The molecule has 0 heterocycles. The maximum absolute atomic E-state index is 12.2. The Morgan fingerprint density at radius 3 is 1.96 bits per heavy atom. The second-order valence-corrected chi connectivity index (χ2v) is 7.49. The molecule has 0 spiro atoms. The van der Waals surface area contributed by atoms with Gasteiger partial charge in [0.1, 0.15) is 0 Å². The van der Waals surface area contributed by atoms with Gasteiger partial charge in [-0.15, -0.1) is 0 Å². The highest BCUT2D eigenvalue weighted by molar-refractivity contribution is 8.16. The zero-order valence-corrected chi connectivity index (χ0v) is 17.1. The minimum Gasteiger partial charge on any atom is -0.340 e. The first-order chi connectivity index (χ1) is 12.2. The molecule has 0 aromatic rings. The number of unbranched alkanes of at least 4 members (excludes halogenated alkanes) is 11. The Hall–Kier alpha value is -0.810. The molecule has 25 heavy (non-hydrogen) atoms. The molecule has 0 aliphatic rings. The number of hydrogen-bond donors (Lipinski definition) is 1. The van der Waals surface area contributed by atoms with E-state index in [2.05, 4.69) is 6.92 Å². The number of likely N-dealkylation sites (N-methyl/N-ethyl adjacent to an activating group) is 1. The summed E-state index contributed by atoms with van der Waals surface area (Å²) in [7, 11) is 1.72. The SMILES string of the molecule is CCCCCCCCCCCCC/C=C(\SC=O)C(=O)N(C)CCN. The van der Waals surface area contributed by atoms with Crippen LogP contribution < -0.4 is 5.73 Å². The van der Waals surface area contributed by atoms with Gasteiger partial charge in [0.15, 0.2) is 5.62 Å². The fourth-order valence-corrected chi connectivity index (χ4v) is 3.34. The molecule has 2 N–H and O–H groups in total. The van der Waals surface area contributed by atoms with Gasteiger partial charge in [-0.1, -0.05) is 77.2 Å². The Kier molecular flexibility index (Phi) is 17.4. The van der Waals surface area contributed by atoms with E-state index < -0.39 is 0 Å². The van der Waals surface area contributed by atoms with Crippen molar-refractivity contribution in [1.29, 1.82) is 0 Å². The smallest absolute Gasteiger partial charge is 0.260 e. The predicted octanol–water partition coefficient (Wildman–Crippen LogP) is 4.91. The van der Waals surface area contributed by atoms with Crippen LogP contribution in [0.15, 0.2) is 11.0 Å². The number of thioether (sulfide) groups is 1. The summed E-state index contributed by atoms with van der Waals surface area (Å²) in [5.41, 5.74) is 6.19. The lowest BCUT2D eigenvalue weighted by Crippen LogP contribution is -2.32. The van der Waals surface area contributed by atoms with E-state index in [4.69, 9.17) is 5.73 Å². The molecular weight excluding hydrogens is 332 g/mol. The quantitative estimate of drug-likeness (QED) is 0.224. The first-order valence-corrected chi connectivity index (χ1v) is 10.8. The first-order valence-electron chi connectivity index (χ1n) is 9.93. The van der Waals surface area contributed by atoms with Crippen LogP contribution in [0.25, 0.3) is 0 Å². The highest BCUT2D eigenvalue weighted by Gasteiger charge is 2.14. The molecular formula is C20H38N2O2S. The van der Waals surface area contributed by atoms with E-state index in [0.29, 0.717) is 18.0 Å². The average Bonchev–Trinajstić information content (AvgIpc) is 2.61. The summed E-state index contributed by atoms with van der Waals surface area (Å²) in [6.45, 7) is 3.19. The van der Waals surface area contributed by atoms with E-state index in [1.54, 1.807) is 11.9 Å². The van der Waals surface area contributed by atoms with Crippen molar-refractivity contribution in [2.24, 2.45) is 5.73 Å². The largest absolute Gasteiger partial charge is 0.340 e. The van der Waals surface area contributed by atoms with Crippen molar-refractivity contribution in [3.63, 3.8) is 0 Å². The molecule has 0 rings (SSSR count). The van der Waals surface area contributed by atoms with Gasteiger partial charge in [-0.3, -0.25) is 9.59 Å². The highest BCUT2D eigenvalue weighted by atomic mass is 32.2. The van der Waals surface area contributed by atoms with E-state index >= 15 is 0 Å². The molecule has 1 amide bonds. The molecule has 0 aromatic heterocycles. The minimum atomic E-state index is -0.106. The Labute approximate surface area is 159 Å². The Morgan fingerprint density at radius 2 is 1.48 bits per heavy atom. The van der Waals surface area contributed by atoms with E-state index in [9.17, 15) is 9.59 Å². The molecule has 0 aromatic carbocycles. The fourth-order valence-electron chi connectivity index (χ4n) is 2.76. The second kappa shape index (κ2) is 18.0. The number of hydrogen-bond acceptors (Lipinski definition) is 4. The van der Waals surface area contributed by atoms with Gasteiger partial charge in [0.05, 0.1) is 4.91 Å². The van der Waals surface area contributed by atoms with Gasteiger partial charge in [-0.05, 0) is 24.6 Å². The number of carbonyl (C=O) groups excluding carboxylic acids is 2. The fraction of sp³-hybridized carbons (Fsp3) is 0.800. The molecule has 0 saturated carbocycles. The van der Waals surface area contributed by atoms with Crippen molar-refractivity contribution < 1.29 is 9.59 Å². The third kappa shape index (κ3) is 14.1. The average molecular weight is 371 g/mol. The van der Waals surface area contributed by atoms with Crippen LogP contribution in [0.4, 0.5) is 0 Å². The Morgan fingerprint density at radius 1 is 0.960 bits per heavy atom. The minimum absolute atomic E-state index is 0.106. The third-order valence-corrected chi connectivity index (χ3v) is 5.03. The maximum Gasteiger partial charge on any atom is 0.260 e. The van der Waals surface area contributed by atoms with Crippen molar-refractivity contribution in [3.8, 4) is 0 Å². The molecule has 4 nitrogen and oxygen atoms in total. The summed E-state index contributed by atoms with van der Waals surface area (Å²) in [4.78, 5) is 25.0. The Balaban J connectivity index is 3.77. The van der Waals surface area contributed by atoms with Crippen molar-refractivity contribution in [3.05, 3.63) is 11.0 Å². The molecule has 0 radical (unpaired) electrons. The summed E-state index contributed by atoms with van der Waals surface area (Å²) in [5.74, 6) is -0.106. The lowest BCUT2D eigenvalue weighted by Gasteiger charge is -2.16. The molecule has 0 aliphatic carbocycles. The number of carbonyl (C=O) groups is 2. The number of nitrogens with zero attached hydrogens (tertiary/aromatic N) is 1. The lowest BCUT2D eigenvalue weighted by atomic mass is 10.1. The summed E-state index contributed by atoms with van der Waals surface area (Å²) in [6, 6.07) is 0. The normalized spacial score (nSPS) is 11.6. The van der Waals surface area contributed by atoms with Gasteiger partial charge < -0.3 is 10.6 Å². The van der Waals surface area contributed by atoms with Crippen LogP contribution in [0, 0.1) is 0 Å². The van der Waals surface area contributed by atoms with Crippen LogP contribution in [-0.4, -0.2) is 36.6 Å². The van der Waals surface area contributed by atoms with Crippen LogP contribution in [0.5, 0.6) is 0 Å². The van der Waals surface area contributed by atoms with Gasteiger partial charge in [0, 0.05) is 20.1 Å². The van der Waals surface area contributed by atoms with Gasteiger partial charge in [0.2, 0.25) is 0 Å². The highest BCUT2D eigenvalue weighted by Crippen LogP contribution is 2.18. The van der Waals surface area contributed by atoms with Crippen molar-refractivity contribution in [1.82, 2.24) is 4.90 Å². The molecule has 0 bridgehead atoms. The molecule has 0 fully saturated rings. The molecule has 0 saturated heterocycles. The summed E-state index contributed by atoms with van der Waals surface area (Å²) in [6.07, 6.45) is 17.2. The number of rotatable bonds is 17. The van der Waals surface area contributed by atoms with Crippen molar-refractivity contribution >= 4 is 23.3 Å². The lowest BCUT2D eigenvalue weighted by molar-refractivity contribution is -0.125. The molecule has 0 atom stereocenters. The number of amides is 1. The van der Waals surface area contributed by atoms with Crippen LogP contribution in [-0.2, 0) is 9.59 Å². The Bertz CT molecular complexity index is 373. The van der Waals surface area contributed by atoms with Crippen molar-refractivity contribution in [2.75, 3.05) is 20.1 Å². The molecule has 5 heteroatoms. The van der Waals surface area contributed by atoms with Gasteiger partial charge >= 0.3 is 0 Å². The topological polar surface area (TPSA) is 63.4 Å². The van der Waals surface area contributed by atoms with E-state index in [1.165, 1.54) is 64.2 Å². The summed E-state index contributed by atoms with van der Waals surface area (Å²) >= 11 is 0.970. The van der Waals surface area contributed by atoms with Gasteiger partial charge in [0.25, 0.3) is 5.91 Å². The van der Waals surface area contributed by atoms with Gasteiger partial charge in [-0.2, -0.15) is 0 Å². The van der Waals surface area contributed by atoms with E-state index in [0.717, 1.165) is 30.2 Å². The van der Waals surface area contributed by atoms with E-state index in [-0.39, 0.29) is 5.91 Å². The second-order valence-electron chi connectivity index (χ2n) is 6.62. The first kappa shape index (κ1) is 24.2. The van der Waals surface area contributed by atoms with Crippen LogP contribution in [0.2, 0.25) is 0 Å². The molecule has 0 aliphatic heterocycles. The molecule has 0 unspecified atom stereocenters. The van der Waals surface area contributed by atoms with Crippen LogP contribution >= 0.6 is 11.8 Å². The number of nitrogens with two attached hydrogens (primary N) is 1. The summed E-state index contributed by atoms with van der Waals surface area (Å²) < 4.78 is 0. The zero-order valence-electron chi connectivity index (χ0n) is 16.3. The predicted molar refractivity (Wildman–Crippen MR) is 110 cm³/mol. The van der Waals surface area contributed by atoms with Crippen LogP contribution in [0.1, 0.15) is 84.0 Å². The van der Waals surface area contributed by atoms with Crippen molar-refractivity contribution in [2.45, 2.75) is 84.0 Å². The zero-order chi connectivity index (χ0) is 18.8. The monoisotopic (exact) mass is 370 g/mol. The van der Waals surface area contributed by atoms with E-state index in [1.807, 2.05) is 6.08 Å². The number of allylic oxidation sites excluding steroid dienone is 1. The third-order valence-electron chi connectivity index (χ3n) is 4.33. The van der Waals surface area contributed by atoms with Crippen LogP contribution in [0.3, 0.4) is 0 Å².